The van der Waals surface area contributed by atoms with Crippen LogP contribution in [0.2, 0.25) is 0 Å². The quantitative estimate of drug-likeness (QED) is 0.636. The van der Waals surface area contributed by atoms with Crippen molar-refractivity contribution in [1.29, 1.82) is 0 Å². The lowest BCUT2D eigenvalue weighted by Gasteiger charge is -2.22. The predicted octanol–water partition coefficient (Wildman–Crippen LogP) is 0.345. The Balaban J connectivity index is 4.31. The fourth-order valence-corrected chi connectivity index (χ4v) is 0.823. The highest BCUT2D eigenvalue weighted by Gasteiger charge is 2.27. The van der Waals surface area contributed by atoms with Crippen LogP contribution >= 0.6 is 0 Å². The molecule has 0 saturated carbocycles. The van der Waals surface area contributed by atoms with Crippen LogP contribution in [-0.2, 0) is 9.53 Å². The van der Waals surface area contributed by atoms with Gasteiger partial charge in [-0.3, -0.25) is 0 Å². The smallest absolute Gasteiger partial charge is 0.408 e. The van der Waals surface area contributed by atoms with Crippen molar-refractivity contribution in [2.75, 3.05) is 0 Å². The number of hydrogen-bond donors (Lipinski definition) is 3. The Morgan fingerprint density at radius 3 is 2.07 bits per heavy atom. The normalized spacial score (nSPS) is 15.3. The predicted molar refractivity (Wildman–Crippen MR) is 52.5 cm³/mol. The average Bonchev–Trinajstić information content (AvgIpc) is 1.95. The van der Waals surface area contributed by atoms with Gasteiger partial charge in [0, 0.05) is 0 Å². The number of ether oxygens (including phenoxy) is 1. The maximum absolute atomic E-state index is 11.2. The number of carbonyl (C=O) groups is 2. The molecule has 0 aliphatic rings. The van der Waals surface area contributed by atoms with Gasteiger partial charge in [-0.05, 0) is 27.7 Å². The number of alkyl carbamates (subject to hydrolysis) is 1. The molecule has 0 aliphatic carbocycles. The van der Waals surface area contributed by atoms with Gasteiger partial charge in [0.25, 0.3) is 0 Å². The lowest BCUT2D eigenvalue weighted by Crippen LogP contribution is -2.49. The third-order valence-corrected chi connectivity index (χ3v) is 1.42. The van der Waals surface area contributed by atoms with Crippen LogP contribution in [0.3, 0.4) is 0 Å². The van der Waals surface area contributed by atoms with E-state index in [0.717, 1.165) is 0 Å². The van der Waals surface area contributed by atoms with Crippen LogP contribution in [0.25, 0.3) is 0 Å². The number of carboxylic acid groups (broad SMARTS) is 1. The van der Waals surface area contributed by atoms with Gasteiger partial charge in [0.2, 0.25) is 0 Å². The van der Waals surface area contributed by atoms with E-state index in [1.807, 2.05) is 0 Å². The van der Waals surface area contributed by atoms with Gasteiger partial charge in [-0.1, -0.05) is 0 Å². The van der Waals surface area contributed by atoms with E-state index in [4.69, 9.17) is 14.9 Å². The van der Waals surface area contributed by atoms with Gasteiger partial charge in [-0.15, -0.1) is 0 Å². The summed E-state index contributed by atoms with van der Waals surface area (Å²) in [4.78, 5) is 21.8. The zero-order valence-corrected chi connectivity index (χ0v) is 9.27. The third-order valence-electron chi connectivity index (χ3n) is 1.42. The molecule has 0 spiro atoms. The van der Waals surface area contributed by atoms with E-state index in [1.165, 1.54) is 6.92 Å². The van der Waals surface area contributed by atoms with Gasteiger partial charge in [0.1, 0.15) is 5.60 Å². The molecule has 3 N–H and O–H groups in total. The average molecular weight is 219 g/mol. The maximum atomic E-state index is 11.2. The number of aliphatic carboxylic acids is 1. The second kappa shape index (κ2) is 4.97. The topological polar surface area (TPSA) is 95.9 Å². The first-order valence-electron chi connectivity index (χ1n) is 4.54. The molecule has 2 atom stereocenters. The van der Waals surface area contributed by atoms with Crippen LogP contribution in [0.5, 0.6) is 0 Å². The van der Waals surface area contributed by atoms with E-state index in [2.05, 4.69) is 5.32 Å². The third kappa shape index (κ3) is 5.90. The largest absolute Gasteiger partial charge is 0.480 e. The van der Waals surface area contributed by atoms with Crippen molar-refractivity contribution in [2.45, 2.75) is 45.4 Å². The van der Waals surface area contributed by atoms with Crippen molar-refractivity contribution in [1.82, 2.24) is 5.32 Å². The number of hydrogen-bond acceptors (Lipinski definition) is 4. The van der Waals surface area contributed by atoms with E-state index in [0.29, 0.717) is 0 Å². The van der Waals surface area contributed by atoms with E-state index < -0.39 is 29.8 Å². The SMILES string of the molecule is C[C@H](O)C(NC(=O)OC(C)(C)C)C(=O)O. The summed E-state index contributed by atoms with van der Waals surface area (Å²) in [6.07, 6.45) is -2.05. The van der Waals surface area contributed by atoms with Crippen molar-refractivity contribution >= 4 is 12.1 Å². The second-order valence-electron chi connectivity index (χ2n) is 4.20. The fourth-order valence-electron chi connectivity index (χ4n) is 0.823. The van der Waals surface area contributed by atoms with E-state index in [1.54, 1.807) is 20.8 Å². The summed E-state index contributed by atoms with van der Waals surface area (Å²) in [5.41, 5.74) is -0.703. The molecule has 0 rings (SSSR count). The minimum Gasteiger partial charge on any atom is -0.480 e. The van der Waals surface area contributed by atoms with Crippen molar-refractivity contribution < 1.29 is 24.5 Å². The van der Waals surface area contributed by atoms with Crippen molar-refractivity contribution in [2.24, 2.45) is 0 Å². The molecule has 0 bridgehead atoms. The molecule has 0 saturated heterocycles. The number of carbonyl (C=O) groups excluding carboxylic acids is 1. The molecule has 0 heterocycles. The number of aliphatic hydroxyl groups is 1. The molecule has 0 radical (unpaired) electrons. The summed E-state index contributed by atoms with van der Waals surface area (Å²) in [6.45, 7) is 6.25. The molecular formula is C9H17NO5. The molecular weight excluding hydrogens is 202 g/mol. The molecule has 6 nitrogen and oxygen atoms in total. The summed E-state index contributed by atoms with van der Waals surface area (Å²) in [6, 6.07) is -1.36. The number of amides is 1. The lowest BCUT2D eigenvalue weighted by atomic mass is 10.2. The minimum atomic E-state index is -1.36. The summed E-state index contributed by atoms with van der Waals surface area (Å²) >= 11 is 0. The first-order valence-corrected chi connectivity index (χ1v) is 4.54. The van der Waals surface area contributed by atoms with Gasteiger partial charge in [0.15, 0.2) is 6.04 Å². The molecule has 0 aromatic carbocycles. The Labute approximate surface area is 88.2 Å². The number of rotatable bonds is 3. The summed E-state index contributed by atoms with van der Waals surface area (Å²) in [5, 5.41) is 19.8. The molecule has 0 aromatic heterocycles. The van der Waals surface area contributed by atoms with E-state index in [-0.39, 0.29) is 0 Å². The molecule has 0 fully saturated rings. The maximum Gasteiger partial charge on any atom is 0.408 e. The highest BCUT2D eigenvalue weighted by atomic mass is 16.6. The van der Waals surface area contributed by atoms with Gasteiger partial charge >= 0.3 is 12.1 Å². The Morgan fingerprint density at radius 2 is 1.80 bits per heavy atom. The minimum absolute atomic E-state index is 0.703. The van der Waals surface area contributed by atoms with E-state index in [9.17, 15) is 9.59 Å². The molecule has 6 heteroatoms. The van der Waals surface area contributed by atoms with Gasteiger partial charge < -0.3 is 20.3 Å². The van der Waals surface area contributed by atoms with Gasteiger partial charge in [-0.2, -0.15) is 0 Å². The highest BCUT2D eigenvalue weighted by molar-refractivity contribution is 5.80. The molecule has 1 amide bonds. The highest BCUT2D eigenvalue weighted by Crippen LogP contribution is 2.07. The Morgan fingerprint density at radius 1 is 1.33 bits per heavy atom. The van der Waals surface area contributed by atoms with Gasteiger partial charge in [0.05, 0.1) is 6.10 Å². The van der Waals surface area contributed by atoms with Crippen LogP contribution in [0, 0.1) is 0 Å². The summed E-state index contributed by atoms with van der Waals surface area (Å²) in [5.74, 6) is -1.31. The monoisotopic (exact) mass is 219 g/mol. The van der Waals surface area contributed by atoms with Crippen LogP contribution in [0.4, 0.5) is 4.79 Å². The standard InChI is InChI=1S/C9H17NO5/c1-5(11)6(7(12)13)10-8(14)15-9(2,3)4/h5-6,11H,1-4H3,(H,10,14)(H,12,13)/t5-,6?/m0/s1. The molecule has 88 valence electrons. The lowest BCUT2D eigenvalue weighted by molar-refractivity contribution is -0.142. The number of nitrogens with one attached hydrogen (secondary N) is 1. The molecule has 1 unspecified atom stereocenters. The van der Waals surface area contributed by atoms with Crippen LogP contribution < -0.4 is 5.32 Å². The van der Waals surface area contributed by atoms with Crippen molar-refractivity contribution in [3.63, 3.8) is 0 Å². The fraction of sp³-hybridized carbons (Fsp3) is 0.778. The van der Waals surface area contributed by atoms with Crippen molar-refractivity contribution in [3.05, 3.63) is 0 Å². The van der Waals surface area contributed by atoms with Crippen LogP contribution in [0.15, 0.2) is 0 Å². The Hall–Kier alpha value is -1.30. The van der Waals surface area contributed by atoms with Crippen LogP contribution in [0.1, 0.15) is 27.7 Å². The molecule has 0 aromatic rings. The van der Waals surface area contributed by atoms with E-state index >= 15 is 0 Å². The number of carboxylic acids is 1. The Bertz CT molecular complexity index is 243. The van der Waals surface area contributed by atoms with Gasteiger partial charge in [-0.25, -0.2) is 9.59 Å². The summed E-state index contributed by atoms with van der Waals surface area (Å²) < 4.78 is 4.84. The van der Waals surface area contributed by atoms with Crippen molar-refractivity contribution in [3.8, 4) is 0 Å². The zero-order chi connectivity index (χ0) is 12.2. The molecule has 0 aliphatic heterocycles. The molecule has 15 heavy (non-hydrogen) atoms. The second-order valence-corrected chi connectivity index (χ2v) is 4.20. The first kappa shape index (κ1) is 13.7. The first-order chi connectivity index (χ1) is 6.63. The zero-order valence-electron chi connectivity index (χ0n) is 9.27. The Kier molecular flexibility index (Phi) is 4.54. The number of aliphatic hydroxyl groups excluding tert-OH is 1. The van der Waals surface area contributed by atoms with Crippen LogP contribution in [-0.4, -0.2) is 40.0 Å². The summed E-state index contributed by atoms with van der Waals surface area (Å²) in [7, 11) is 0.